The van der Waals surface area contributed by atoms with E-state index >= 15 is 0 Å². The van der Waals surface area contributed by atoms with E-state index in [1.807, 2.05) is 36.1 Å². The summed E-state index contributed by atoms with van der Waals surface area (Å²) in [5.74, 6) is -0.241. The molecule has 4 rings (SSSR count). The molecule has 2 aromatic carbocycles. The van der Waals surface area contributed by atoms with Gasteiger partial charge in [0, 0.05) is 18.6 Å². The summed E-state index contributed by atoms with van der Waals surface area (Å²) in [6.07, 6.45) is 1.62. The molecule has 0 unspecified atom stereocenters. The number of benzene rings is 2. The molecule has 0 spiro atoms. The van der Waals surface area contributed by atoms with Gasteiger partial charge in [0.15, 0.2) is 0 Å². The van der Waals surface area contributed by atoms with Crippen LogP contribution < -0.4 is 4.90 Å². The summed E-state index contributed by atoms with van der Waals surface area (Å²) in [5.41, 5.74) is 4.58. The number of amides is 1. The van der Waals surface area contributed by atoms with Crippen LogP contribution in [0.4, 0.5) is 11.4 Å². The first kappa shape index (κ1) is 22.4. The Morgan fingerprint density at radius 1 is 1.06 bits per heavy atom. The minimum Gasteiger partial charge on any atom is -0.302 e. The van der Waals surface area contributed by atoms with Crippen molar-refractivity contribution in [2.24, 2.45) is 16.3 Å². The molecule has 32 heavy (non-hydrogen) atoms. The molecule has 1 fully saturated rings. The van der Waals surface area contributed by atoms with E-state index in [0.29, 0.717) is 12.8 Å². The Morgan fingerprint density at radius 3 is 2.34 bits per heavy atom. The molecule has 0 bridgehead atoms. The van der Waals surface area contributed by atoms with Gasteiger partial charge in [0.25, 0.3) is 0 Å². The Balaban J connectivity index is 1.94. The molecule has 4 nitrogen and oxygen atoms in total. The topological polar surface area (TPSA) is 49.7 Å². The van der Waals surface area contributed by atoms with Gasteiger partial charge in [-0.15, -0.1) is 0 Å². The number of para-hydroxylation sites is 2. The highest BCUT2D eigenvalue weighted by Crippen LogP contribution is 2.48. The smallest absolute Gasteiger partial charge is 0.227 e. The SMILES string of the molecule is CCC(=O)N1c2ccccc2N=C2CC(C)(C)CC(=O)[C@H]2[C@@H]1c1ccc(C(C)(C)C)cc1. The van der Waals surface area contributed by atoms with Crippen molar-refractivity contribution in [3.05, 3.63) is 59.7 Å². The molecule has 1 heterocycles. The van der Waals surface area contributed by atoms with Crippen LogP contribution in [0.3, 0.4) is 0 Å². The van der Waals surface area contributed by atoms with E-state index in [-0.39, 0.29) is 28.6 Å². The Kier molecular flexibility index (Phi) is 5.60. The number of rotatable bonds is 2. The normalized spacial score (nSPS) is 22.5. The molecule has 0 N–H and O–H groups in total. The first-order chi connectivity index (χ1) is 15.0. The summed E-state index contributed by atoms with van der Waals surface area (Å²) in [6.45, 7) is 12.7. The highest BCUT2D eigenvalue weighted by atomic mass is 16.2. The van der Waals surface area contributed by atoms with E-state index in [1.54, 1.807) is 0 Å². The molecule has 1 aliphatic heterocycles. The van der Waals surface area contributed by atoms with Gasteiger partial charge in [-0.3, -0.25) is 14.6 Å². The van der Waals surface area contributed by atoms with Crippen LogP contribution in [0.25, 0.3) is 0 Å². The fourth-order valence-electron chi connectivity index (χ4n) is 5.10. The van der Waals surface area contributed by atoms with Crippen molar-refractivity contribution < 1.29 is 9.59 Å². The number of carbonyl (C=O) groups is 2. The molecule has 0 radical (unpaired) electrons. The quantitative estimate of drug-likeness (QED) is 0.542. The second kappa shape index (κ2) is 7.99. The molecule has 1 aliphatic carbocycles. The van der Waals surface area contributed by atoms with Crippen LogP contribution in [0.2, 0.25) is 0 Å². The second-order valence-corrected chi connectivity index (χ2v) is 11.0. The Morgan fingerprint density at radius 2 is 1.72 bits per heavy atom. The Hall–Kier alpha value is -2.75. The molecule has 2 atom stereocenters. The number of hydrogen-bond donors (Lipinski definition) is 0. The number of Topliss-reactive ketones (excluding diaryl/α,β-unsaturated/α-hetero) is 1. The largest absolute Gasteiger partial charge is 0.302 e. The number of nitrogens with zero attached hydrogens (tertiary/aromatic N) is 2. The monoisotopic (exact) mass is 430 g/mol. The van der Waals surface area contributed by atoms with Crippen LogP contribution in [-0.2, 0) is 15.0 Å². The first-order valence-electron chi connectivity index (χ1n) is 11.6. The highest BCUT2D eigenvalue weighted by Gasteiger charge is 2.47. The van der Waals surface area contributed by atoms with Crippen molar-refractivity contribution >= 4 is 28.8 Å². The third kappa shape index (κ3) is 4.03. The summed E-state index contributed by atoms with van der Waals surface area (Å²) < 4.78 is 0. The number of aliphatic imine (C=N–C) groups is 1. The van der Waals surface area contributed by atoms with Gasteiger partial charge in [-0.05, 0) is 40.5 Å². The average molecular weight is 431 g/mol. The van der Waals surface area contributed by atoms with Gasteiger partial charge in [0.05, 0.1) is 23.3 Å². The number of anilines is 1. The number of ketones is 1. The number of hydrogen-bond acceptors (Lipinski definition) is 3. The lowest BCUT2D eigenvalue weighted by Gasteiger charge is -2.41. The van der Waals surface area contributed by atoms with Crippen molar-refractivity contribution in [3.63, 3.8) is 0 Å². The number of carbonyl (C=O) groups excluding carboxylic acids is 2. The maximum absolute atomic E-state index is 13.6. The van der Waals surface area contributed by atoms with Crippen LogP contribution in [0.15, 0.2) is 53.5 Å². The van der Waals surface area contributed by atoms with E-state index in [2.05, 4.69) is 58.9 Å². The molecule has 2 aliphatic rings. The predicted molar refractivity (Wildman–Crippen MR) is 131 cm³/mol. The first-order valence-corrected chi connectivity index (χ1v) is 11.6. The summed E-state index contributed by atoms with van der Waals surface area (Å²) >= 11 is 0. The van der Waals surface area contributed by atoms with Crippen LogP contribution >= 0.6 is 0 Å². The van der Waals surface area contributed by atoms with Gasteiger partial charge < -0.3 is 4.90 Å². The van der Waals surface area contributed by atoms with Gasteiger partial charge in [0.2, 0.25) is 5.91 Å². The minimum atomic E-state index is -0.425. The molecule has 4 heteroatoms. The van der Waals surface area contributed by atoms with Crippen LogP contribution in [-0.4, -0.2) is 17.4 Å². The molecule has 0 saturated heterocycles. The van der Waals surface area contributed by atoms with Crippen LogP contribution in [0.1, 0.15) is 78.0 Å². The zero-order valence-corrected chi connectivity index (χ0v) is 20.1. The van der Waals surface area contributed by atoms with Gasteiger partial charge in [-0.25, -0.2) is 0 Å². The molecule has 0 aromatic heterocycles. The van der Waals surface area contributed by atoms with Gasteiger partial charge in [0.1, 0.15) is 5.78 Å². The molecule has 168 valence electrons. The highest BCUT2D eigenvalue weighted by molar-refractivity contribution is 6.13. The lowest BCUT2D eigenvalue weighted by atomic mass is 9.67. The van der Waals surface area contributed by atoms with E-state index in [9.17, 15) is 9.59 Å². The minimum absolute atomic E-state index is 0.0106. The van der Waals surface area contributed by atoms with E-state index in [1.165, 1.54) is 5.56 Å². The Bertz CT molecular complexity index is 1070. The molecular formula is C28H34N2O2. The lowest BCUT2D eigenvalue weighted by molar-refractivity contribution is -0.125. The fraction of sp³-hybridized carbons (Fsp3) is 0.464. The van der Waals surface area contributed by atoms with Crippen molar-refractivity contribution in [2.75, 3.05) is 4.90 Å². The number of fused-ring (bicyclic) bond motifs is 2. The average Bonchev–Trinajstić information content (AvgIpc) is 2.86. The summed E-state index contributed by atoms with van der Waals surface area (Å²) in [6, 6.07) is 15.9. The summed E-state index contributed by atoms with van der Waals surface area (Å²) in [4.78, 5) is 33.8. The van der Waals surface area contributed by atoms with E-state index in [4.69, 9.17) is 4.99 Å². The Labute approximate surface area is 191 Å². The molecule has 1 saturated carbocycles. The fourth-order valence-corrected chi connectivity index (χ4v) is 5.10. The third-order valence-corrected chi connectivity index (χ3v) is 6.71. The van der Waals surface area contributed by atoms with E-state index < -0.39 is 5.92 Å². The van der Waals surface area contributed by atoms with Crippen LogP contribution in [0, 0.1) is 11.3 Å². The second-order valence-electron chi connectivity index (χ2n) is 11.0. The zero-order chi connectivity index (χ0) is 23.3. The standard InChI is InChI=1S/C28H34N2O2/c1-7-24(32)30-22-11-9-8-10-20(22)29-21-16-28(5,6)17-23(31)25(21)26(30)18-12-14-19(15-13-18)27(2,3)4/h8-15,25-26H,7,16-17H2,1-6H3/t25-,26-/m0/s1. The third-order valence-electron chi connectivity index (χ3n) is 6.71. The van der Waals surface area contributed by atoms with Crippen molar-refractivity contribution in [2.45, 2.75) is 72.3 Å². The molecule has 2 aromatic rings. The van der Waals surface area contributed by atoms with Gasteiger partial charge in [-0.2, -0.15) is 0 Å². The maximum atomic E-state index is 13.6. The van der Waals surface area contributed by atoms with Crippen molar-refractivity contribution in [3.8, 4) is 0 Å². The maximum Gasteiger partial charge on any atom is 0.227 e. The summed E-state index contributed by atoms with van der Waals surface area (Å²) in [7, 11) is 0. The summed E-state index contributed by atoms with van der Waals surface area (Å²) in [5, 5.41) is 0. The molecular weight excluding hydrogens is 396 g/mol. The molecule has 1 amide bonds. The van der Waals surface area contributed by atoms with Gasteiger partial charge >= 0.3 is 0 Å². The van der Waals surface area contributed by atoms with Crippen molar-refractivity contribution in [1.29, 1.82) is 0 Å². The van der Waals surface area contributed by atoms with Crippen molar-refractivity contribution in [1.82, 2.24) is 0 Å². The van der Waals surface area contributed by atoms with Gasteiger partial charge in [-0.1, -0.05) is 77.9 Å². The zero-order valence-electron chi connectivity index (χ0n) is 20.1. The van der Waals surface area contributed by atoms with Crippen LogP contribution in [0.5, 0.6) is 0 Å². The predicted octanol–water partition coefficient (Wildman–Crippen LogP) is 6.56. The lowest BCUT2D eigenvalue weighted by Crippen LogP contribution is -2.47. The van der Waals surface area contributed by atoms with E-state index in [0.717, 1.165) is 29.1 Å².